The van der Waals surface area contributed by atoms with E-state index in [4.69, 9.17) is 0 Å². The van der Waals surface area contributed by atoms with E-state index in [9.17, 15) is 4.79 Å². The van der Waals surface area contributed by atoms with Crippen molar-refractivity contribution in [2.45, 2.75) is 37.9 Å². The van der Waals surface area contributed by atoms with Crippen molar-refractivity contribution in [2.75, 3.05) is 13.6 Å². The molecular formula is C20H24N4O. The van der Waals surface area contributed by atoms with E-state index in [0.717, 1.165) is 25.1 Å². The zero-order valence-electron chi connectivity index (χ0n) is 14.6. The minimum Gasteiger partial charge on any atom is -0.340 e. The number of hydrogen-bond acceptors (Lipinski definition) is 4. The lowest BCUT2D eigenvalue weighted by molar-refractivity contribution is -0.135. The second-order valence-corrected chi connectivity index (χ2v) is 7.11. The van der Waals surface area contributed by atoms with Gasteiger partial charge in [-0.1, -0.05) is 30.3 Å². The predicted octanol–water partition coefficient (Wildman–Crippen LogP) is 2.66. The molecular weight excluding hydrogens is 312 g/mol. The molecule has 2 fully saturated rings. The molecule has 5 heteroatoms. The van der Waals surface area contributed by atoms with Crippen molar-refractivity contribution >= 4 is 5.91 Å². The Balaban J connectivity index is 1.50. The van der Waals surface area contributed by atoms with Crippen LogP contribution in [0.3, 0.4) is 0 Å². The molecule has 130 valence electrons. The van der Waals surface area contributed by atoms with Gasteiger partial charge in [0.2, 0.25) is 5.91 Å². The third-order valence-electron chi connectivity index (χ3n) is 5.58. The summed E-state index contributed by atoms with van der Waals surface area (Å²) in [6.07, 6.45) is 8.28. The molecule has 1 aromatic carbocycles. The first-order valence-corrected chi connectivity index (χ1v) is 9.04. The standard InChI is InChI=1S/C20H24N4O/c1-23(14-16-13-21-9-10-22-16)20(25)17-12-19(15-6-3-2-4-7-15)24-11-5-8-18(17)24/h2-4,6-7,9-10,13,17-19H,5,8,11-12,14H2,1H3/t17-,18+,19-/m0/s1. The van der Waals surface area contributed by atoms with Gasteiger partial charge < -0.3 is 4.90 Å². The fourth-order valence-corrected chi connectivity index (χ4v) is 4.45. The fraction of sp³-hybridized carbons (Fsp3) is 0.450. The highest BCUT2D eigenvalue weighted by Gasteiger charge is 2.47. The van der Waals surface area contributed by atoms with Crippen LogP contribution >= 0.6 is 0 Å². The lowest BCUT2D eigenvalue weighted by Gasteiger charge is -2.26. The molecule has 4 rings (SSSR count). The van der Waals surface area contributed by atoms with E-state index in [0.29, 0.717) is 18.6 Å². The Hall–Kier alpha value is -2.27. The molecule has 3 heterocycles. The van der Waals surface area contributed by atoms with Crippen molar-refractivity contribution in [2.24, 2.45) is 5.92 Å². The Morgan fingerprint density at radius 2 is 2.12 bits per heavy atom. The van der Waals surface area contributed by atoms with E-state index in [1.54, 1.807) is 18.6 Å². The number of carbonyl (C=O) groups excluding carboxylic acids is 1. The first kappa shape index (κ1) is 16.2. The third-order valence-corrected chi connectivity index (χ3v) is 5.58. The summed E-state index contributed by atoms with van der Waals surface area (Å²) in [6, 6.07) is 11.4. The molecule has 1 amide bonds. The van der Waals surface area contributed by atoms with Crippen LogP contribution in [0.4, 0.5) is 0 Å². The van der Waals surface area contributed by atoms with Crippen molar-refractivity contribution in [1.29, 1.82) is 0 Å². The van der Waals surface area contributed by atoms with Crippen molar-refractivity contribution < 1.29 is 4.79 Å². The van der Waals surface area contributed by atoms with Crippen LogP contribution in [-0.2, 0) is 11.3 Å². The van der Waals surface area contributed by atoms with Gasteiger partial charge in [-0.3, -0.25) is 19.7 Å². The Morgan fingerprint density at radius 3 is 2.88 bits per heavy atom. The topological polar surface area (TPSA) is 49.3 Å². The number of carbonyl (C=O) groups is 1. The van der Waals surface area contributed by atoms with Crippen molar-refractivity contribution in [3.8, 4) is 0 Å². The van der Waals surface area contributed by atoms with E-state index >= 15 is 0 Å². The Morgan fingerprint density at radius 1 is 1.28 bits per heavy atom. The number of rotatable bonds is 4. The lowest BCUT2D eigenvalue weighted by Crippen LogP contribution is -2.38. The van der Waals surface area contributed by atoms with Gasteiger partial charge in [0.25, 0.3) is 0 Å². The van der Waals surface area contributed by atoms with Crippen LogP contribution in [0.2, 0.25) is 0 Å². The maximum atomic E-state index is 13.1. The molecule has 2 aliphatic heterocycles. The van der Waals surface area contributed by atoms with Crippen LogP contribution in [0.5, 0.6) is 0 Å². The molecule has 0 N–H and O–H groups in total. The quantitative estimate of drug-likeness (QED) is 0.861. The Bertz CT molecular complexity index is 721. The van der Waals surface area contributed by atoms with E-state index in [1.165, 1.54) is 12.0 Å². The van der Waals surface area contributed by atoms with Crippen molar-refractivity contribution in [1.82, 2.24) is 19.8 Å². The molecule has 2 aliphatic rings. The van der Waals surface area contributed by atoms with Gasteiger partial charge in [-0.05, 0) is 31.4 Å². The summed E-state index contributed by atoms with van der Waals surface area (Å²) in [5.74, 6) is 0.315. The van der Waals surface area contributed by atoms with Crippen molar-refractivity contribution in [3.63, 3.8) is 0 Å². The normalized spacial score (nSPS) is 25.7. The van der Waals surface area contributed by atoms with Gasteiger partial charge in [-0.2, -0.15) is 0 Å². The predicted molar refractivity (Wildman–Crippen MR) is 95.5 cm³/mol. The smallest absolute Gasteiger partial charge is 0.227 e. The molecule has 0 saturated carbocycles. The molecule has 0 spiro atoms. The van der Waals surface area contributed by atoms with E-state index in [-0.39, 0.29) is 11.8 Å². The van der Waals surface area contributed by atoms with Crippen LogP contribution in [0.25, 0.3) is 0 Å². The average Bonchev–Trinajstić information content (AvgIpc) is 3.25. The lowest BCUT2D eigenvalue weighted by atomic mass is 9.93. The molecule has 1 aromatic heterocycles. The summed E-state index contributed by atoms with van der Waals surface area (Å²) in [4.78, 5) is 25.9. The molecule has 5 nitrogen and oxygen atoms in total. The third kappa shape index (κ3) is 3.16. The van der Waals surface area contributed by atoms with Crippen LogP contribution in [0, 0.1) is 5.92 Å². The molecule has 0 unspecified atom stereocenters. The summed E-state index contributed by atoms with van der Waals surface area (Å²) in [6.45, 7) is 1.62. The number of nitrogens with zero attached hydrogens (tertiary/aromatic N) is 4. The summed E-state index contributed by atoms with van der Waals surface area (Å²) < 4.78 is 0. The monoisotopic (exact) mass is 336 g/mol. The fourth-order valence-electron chi connectivity index (χ4n) is 4.45. The number of amides is 1. The second-order valence-electron chi connectivity index (χ2n) is 7.11. The zero-order chi connectivity index (χ0) is 17.2. The zero-order valence-corrected chi connectivity index (χ0v) is 14.6. The highest BCUT2D eigenvalue weighted by Crippen LogP contribution is 2.45. The van der Waals surface area contributed by atoms with Crippen LogP contribution in [-0.4, -0.2) is 45.3 Å². The maximum Gasteiger partial charge on any atom is 0.227 e. The van der Waals surface area contributed by atoms with Crippen LogP contribution in [0.1, 0.15) is 36.6 Å². The minimum absolute atomic E-state index is 0.0781. The van der Waals surface area contributed by atoms with Gasteiger partial charge >= 0.3 is 0 Å². The second kappa shape index (κ2) is 6.92. The highest BCUT2D eigenvalue weighted by molar-refractivity contribution is 5.80. The van der Waals surface area contributed by atoms with Gasteiger partial charge in [0, 0.05) is 31.5 Å². The molecule has 0 aliphatic carbocycles. The molecule has 0 bridgehead atoms. The molecule has 25 heavy (non-hydrogen) atoms. The van der Waals surface area contributed by atoms with Gasteiger partial charge in [0.1, 0.15) is 0 Å². The van der Waals surface area contributed by atoms with Gasteiger partial charge in [0.05, 0.1) is 24.4 Å². The first-order valence-electron chi connectivity index (χ1n) is 9.04. The maximum absolute atomic E-state index is 13.1. The van der Waals surface area contributed by atoms with Gasteiger partial charge in [-0.15, -0.1) is 0 Å². The van der Waals surface area contributed by atoms with Gasteiger partial charge in [-0.25, -0.2) is 0 Å². The average molecular weight is 336 g/mol. The Labute approximate surface area is 148 Å². The summed E-state index contributed by atoms with van der Waals surface area (Å²) in [5, 5.41) is 0. The number of aromatic nitrogens is 2. The Kier molecular flexibility index (Phi) is 4.49. The minimum atomic E-state index is 0.0781. The summed E-state index contributed by atoms with van der Waals surface area (Å²) in [5.41, 5.74) is 2.17. The first-order chi connectivity index (χ1) is 12.2. The van der Waals surface area contributed by atoms with E-state index in [2.05, 4.69) is 45.2 Å². The van der Waals surface area contributed by atoms with Crippen molar-refractivity contribution in [3.05, 3.63) is 60.2 Å². The molecule has 0 radical (unpaired) electrons. The largest absolute Gasteiger partial charge is 0.340 e. The van der Waals surface area contributed by atoms with Crippen LogP contribution < -0.4 is 0 Å². The van der Waals surface area contributed by atoms with E-state index in [1.807, 2.05) is 11.9 Å². The summed E-state index contributed by atoms with van der Waals surface area (Å²) >= 11 is 0. The number of hydrogen-bond donors (Lipinski definition) is 0. The number of fused-ring (bicyclic) bond motifs is 1. The van der Waals surface area contributed by atoms with E-state index < -0.39 is 0 Å². The molecule has 2 aromatic rings. The summed E-state index contributed by atoms with van der Waals surface area (Å²) in [7, 11) is 1.88. The van der Waals surface area contributed by atoms with Crippen LogP contribution in [0.15, 0.2) is 48.9 Å². The van der Waals surface area contributed by atoms with Gasteiger partial charge in [0.15, 0.2) is 0 Å². The SMILES string of the molecule is CN(Cc1cnccn1)C(=O)[C@H]1C[C@@H](c2ccccc2)N2CCC[C@H]12. The molecule has 2 saturated heterocycles. The molecule has 3 atom stereocenters. The number of benzene rings is 1. The highest BCUT2D eigenvalue weighted by atomic mass is 16.2.